The summed E-state index contributed by atoms with van der Waals surface area (Å²) in [6.45, 7) is 2.07. The van der Waals surface area contributed by atoms with Gasteiger partial charge in [0.25, 0.3) is 0 Å². The van der Waals surface area contributed by atoms with Crippen LogP contribution in [0.5, 0.6) is 0 Å². The Labute approximate surface area is 110 Å². The summed E-state index contributed by atoms with van der Waals surface area (Å²) in [7, 11) is 0. The highest BCUT2D eigenvalue weighted by molar-refractivity contribution is 7.97. The molecule has 0 aliphatic heterocycles. The van der Waals surface area contributed by atoms with Crippen molar-refractivity contribution in [3.05, 3.63) is 59.0 Å². The summed E-state index contributed by atoms with van der Waals surface area (Å²) in [5, 5.41) is 8.77. The van der Waals surface area contributed by atoms with E-state index in [0.29, 0.717) is 11.5 Å². The Kier molecular flexibility index (Phi) is 4.10. The quantitative estimate of drug-likeness (QED) is 0.892. The van der Waals surface area contributed by atoms with E-state index < -0.39 is 5.97 Å². The fraction of sp³-hybridized carbons (Fsp3) is 0.214. The van der Waals surface area contributed by atoms with Gasteiger partial charge in [-0.2, -0.15) is 0 Å². The van der Waals surface area contributed by atoms with E-state index in [2.05, 4.69) is 25.1 Å². The van der Waals surface area contributed by atoms with Crippen molar-refractivity contribution in [2.24, 2.45) is 0 Å². The summed E-state index contributed by atoms with van der Waals surface area (Å²) >= 11 is 1.71. The van der Waals surface area contributed by atoms with Gasteiger partial charge in [-0.05, 0) is 18.6 Å². The van der Waals surface area contributed by atoms with Gasteiger partial charge in [0.05, 0.1) is 11.3 Å². The molecule has 0 radical (unpaired) electrons. The zero-order valence-corrected chi connectivity index (χ0v) is 10.9. The van der Waals surface area contributed by atoms with Gasteiger partial charge in [0.1, 0.15) is 12.0 Å². The Balaban J connectivity index is 1.86. The summed E-state index contributed by atoms with van der Waals surface area (Å²) in [5.41, 5.74) is 2.73. The summed E-state index contributed by atoms with van der Waals surface area (Å²) in [6, 6.07) is 9.93. The maximum absolute atomic E-state index is 10.7. The number of hydrogen-bond acceptors (Lipinski definition) is 3. The molecule has 0 bridgehead atoms. The van der Waals surface area contributed by atoms with Crippen LogP contribution in [-0.2, 0) is 11.5 Å². The van der Waals surface area contributed by atoms with Crippen LogP contribution in [0.25, 0.3) is 0 Å². The van der Waals surface area contributed by atoms with Crippen molar-refractivity contribution in [1.29, 1.82) is 0 Å². The lowest BCUT2D eigenvalue weighted by Gasteiger charge is -2.01. The van der Waals surface area contributed by atoms with Gasteiger partial charge in [0.2, 0.25) is 0 Å². The maximum Gasteiger partial charge on any atom is 0.338 e. The molecule has 1 aromatic carbocycles. The number of aryl methyl sites for hydroxylation is 1. The van der Waals surface area contributed by atoms with Crippen LogP contribution in [0, 0.1) is 6.92 Å². The molecule has 1 aromatic heterocycles. The number of benzene rings is 1. The fourth-order valence-electron chi connectivity index (χ4n) is 1.64. The van der Waals surface area contributed by atoms with E-state index in [9.17, 15) is 4.79 Å². The van der Waals surface area contributed by atoms with Gasteiger partial charge < -0.3 is 9.52 Å². The van der Waals surface area contributed by atoms with Gasteiger partial charge in [-0.25, -0.2) is 4.79 Å². The van der Waals surface area contributed by atoms with E-state index in [-0.39, 0.29) is 5.56 Å². The molecule has 0 saturated carbocycles. The Morgan fingerprint density at radius 1 is 1.33 bits per heavy atom. The van der Waals surface area contributed by atoms with Gasteiger partial charge in [0, 0.05) is 5.75 Å². The van der Waals surface area contributed by atoms with Crippen LogP contribution in [0.4, 0.5) is 0 Å². The molecule has 94 valence electrons. The van der Waals surface area contributed by atoms with Crippen molar-refractivity contribution in [3.8, 4) is 0 Å². The molecule has 0 aliphatic carbocycles. The maximum atomic E-state index is 10.7. The molecular weight excluding hydrogens is 248 g/mol. The molecule has 0 unspecified atom stereocenters. The summed E-state index contributed by atoms with van der Waals surface area (Å²) in [4.78, 5) is 10.7. The number of carbonyl (C=O) groups is 1. The van der Waals surface area contributed by atoms with Crippen molar-refractivity contribution in [2.75, 3.05) is 0 Å². The monoisotopic (exact) mass is 262 g/mol. The molecule has 0 amide bonds. The molecule has 1 heterocycles. The third-order valence-corrected chi connectivity index (χ3v) is 3.52. The van der Waals surface area contributed by atoms with Crippen LogP contribution in [0.3, 0.4) is 0 Å². The highest BCUT2D eigenvalue weighted by Gasteiger charge is 2.07. The number of rotatable bonds is 5. The molecule has 3 nitrogen and oxygen atoms in total. The number of carboxylic acid groups (broad SMARTS) is 1. The minimum absolute atomic E-state index is 0.209. The van der Waals surface area contributed by atoms with Crippen LogP contribution in [0.15, 0.2) is 41.0 Å². The SMILES string of the molecule is Cc1cccc(CSCc2cc(C(=O)O)co2)c1. The number of furan rings is 1. The second kappa shape index (κ2) is 5.78. The molecule has 4 heteroatoms. The van der Waals surface area contributed by atoms with Gasteiger partial charge in [-0.1, -0.05) is 29.8 Å². The topological polar surface area (TPSA) is 50.4 Å². The van der Waals surface area contributed by atoms with E-state index in [1.54, 1.807) is 17.8 Å². The third-order valence-electron chi connectivity index (χ3n) is 2.50. The molecule has 1 N–H and O–H groups in total. The van der Waals surface area contributed by atoms with Crippen molar-refractivity contribution < 1.29 is 14.3 Å². The smallest absolute Gasteiger partial charge is 0.338 e. The Morgan fingerprint density at radius 3 is 2.83 bits per heavy atom. The average molecular weight is 262 g/mol. The minimum atomic E-state index is -0.950. The van der Waals surface area contributed by atoms with Gasteiger partial charge >= 0.3 is 5.97 Å². The highest BCUT2D eigenvalue weighted by atomic mass is 32.2. The predicted molar refractivity (Wildman–Crippen MR) is 71.8 cm³/mol. The average Bonchev–Trinajstić information content (AvgIpc) is 2.78. The zero-order valence-electron chi connectivity index (χ0n) is 10.1. The number of carboxylic acids is 1. The second-order valence-corrected chi connectivity index (χ2v) is 5.07. The normalized spacial score (nSPS) is 10.5. The first-order valence-corrected chi connectivity index (χ1v) is 6.74. The van der Waals surface area contributed by atoms with Crippen LogP contribution >= 0.6 is 11.8 Å². The van der Waals surface area contributed by atoms with E-state index in [0.717, 1.165) is 5.75 Å². The molecule has 18 heavy (non-hydrogen) atoms. The predicted octanol–water partition coefficient (Wildman–Crippen LogP) is 3.72. The summed E-state index contributed by atoms with van der Waals surface area (Å²) in [6.07, 6.45) is 1.28. The zero-order chi connectivity index (χ0) is 13.0. The van der Waals surface area contributed by atoms with Crippen molar-refractivity contribution in [2.45, 2.75) is 18.4 Å². The largest absolute Gasteiger partial charge is 0.478 e. The number of thioether (sulfide) groups is 1. The summed E-state index contributed by atoms with van der Waals surface area (Å²) < 4.78 is 5.19. The van der Waals surface area contributed by atoms with E-state index in [1.165, 1.54) is 17.4 Å². The van der Waals surface area contributed by atoms with Crippen LogP contribution < -0.4 is 0 Å². The Bertz CT molecular complexity index is 545. The fourth-order valence-corrected chi connectivity index (χ4v) is 2.51. The van der Waals surface area contributed by atoms with Crippen molar-refractivity contribution >= 4 is 17.7 Å². The Morgan fingerprint density at radius 2 is 2.17 bits per heavy atom. The third kappa shape index (κ3) is 3.40. The second-order valence-electron chi connectivity index (χ2n) is 4.09. The van der Waals surface area contributed by atoms with E-state index >= 15 is 0 Å². The lowest BCUT2D eigenvalue weighted by atomic mass is 10.2. The van der Waals surface area contributed by atoms with E-state index in [4.69, 9.17) is 9.52 Å². The van der Waals surface area contributed by atoms with Gasteiger partial charge in [0.15, 0.2) is 0 Å². The molecule has 0 aliphatic rings. The van der Waals surface area contributed by atoms with Crippen LogP contribution in [0.2, 0.25) is 0 Å². The van der Waals surface area contributed by atoms with Crippen LogP contribution in [0.1, 0.15) is 27.2 Å². The van der Waals surface area contributed by atoms with Crippen molar-refractivity contribution in [1.82, 2.24) is 0 Å². The number of aromatic carboxylic acids is 1. The standard InChI is InChI=1S/C14H14O3S/c1-10-3-2-4-11(5-10)8-18-9-13-6-12(7-17-13)14(15)16/h2-7H,8-9H2,1H3,(H,15,16). The van der Waals surface area contributed by atoms with Gasteiger partial charge in [-0.15, -0.1) is 11.8 Å². The van der Waals surface area contributed by atoms with Gasteiger partial charge in [-0.3, -0.25) is 0 Å². The first kappa shape index (κ1) is 12.8. The highest BCUT2D eigenvalue weighted by Crippen LogP contribution is 2.20. The first-order valence-electron chi connectivity index (χ1n) is 5.59. The molecular formula is C14H14O3S. The summed E-state index contributed by atoms with van der Waals surface area (Å²) in [5.74, 6) is 1.32. The van der Waals surface area contributed by atoms with Crippen LogP contribution in [-0.4, -0.2) is 11.1 Å². The first-order chi connectivity index (χ1) is 8.65. The molecule has 0 atom stereocenters. The lowest BCUT2D eigenvalue weighted by molar-refractivity contribution is 0.0696. The molecule has 0 saturated heterocycles. The lowest BCUT2D eigenvalue weighted by Crippen LogP contribution is -1.91. The molecule has 2 rings (SSSR count). The molecule has 0 fully saturated rings. The number of hydrogen-bond donors (Lipinski definition) is 1. The minimum Gasteiger partial charge on any atom is -0.478 e. The Hall–Kier alpha value is -1.68. The molecule has 0 spiro atoms. The van der Waals surface area contributed by atoms with E-state index in [1.807, 2.05) is 6.07 Å². The molecule has 2 aromatic rings. The van der Waals surface area contributed by atoms with Crippen molar-refractivity contribution in [3.63, 3.8) is 0 Å².